The lowest BCUT2D eigenvalue weighted by molar-refractivity contribution is -0.127. The first-order chi connectivity index (χ1) is 7.47. The van der Waals surface area contributed by atoms with Crippen LogP contribution in [0.4, 0.5) is 4.79 Å². The highest BCUT2D eigenvalue weighted by Crippen LogP contribution is 2.16. The molecule has 0 saturated carbocycles. The molecule has 0 aliphatic carbocycles. The van der Waals surface area contributed by atoms with Crippen LogP contribution in [0.5, 0.6) is 0 Å². The fourth-order valence-electron chi connectivity index (χ4n) is 1.04. The lowest BCUT2D eigenvalue weighted by Gasteiger charge is -2.28. The molecule has 0 atom stereocenters. The maximum absolute atomic E-state index is 11.9. The Balaban J connectivity index is 4.55. The standard InChI is InChI=1S/C13H25NO3/c1-8-14(9-10(15)12(2,3)4)11(16)17-13(5,6)7/h8-9H2,1-7H3. The van der Waals surface area contributed by atoms with Crippen molar-refractivity contribution in [3.63, 3.8) is 0 Å². The molecule has 0 N–H and O–H groups in total. The first-order valence-corrected chi connectivity index (χ1v) is 5.98. The van der Waals surface area contributed by atoms with Crippen LogP contribution in [0.25, 0.3) is 0 Å². The van der Waals surface area contributed by atoms with Crippen molar-refractivity contribution in [3.05, 3.63) is 0 Å². The average molecular weight is 243 g/mol. The van der Waals surface area contributed by atoms with Crippen LogP contribution in [-0.2, 0) is 9.53 Å². The molecule has 0 rings (SSSR count). The van der Waals surface area contributed by atoms with E-state index in [4.69, 9.17) is 4.74 Å². The van der Waals surface area contributed by atoms with E-state index in [0.29, 0.717) is 6.54 Å². The molecule has 0 aliphatic heterocycles. The molecule has 0 aromatic rings. The van der Waals surface area contributed by atoms with E-state index in [1.807, 2.05) is 48.5 Å². The summed E-state index contributed by atoms with van der Waals surface area (Å²) in [6, 6.07) is 0. The van der Waals surface area contributed by atoms with Gasteiger partial charge in [-0.1, -0.05) is 20.8 Å². The van der Waals surface area contributed by atoms with Crippen LogP contribution >= 0.6 is 0 Å². The van der Waals surface area contributed by atoms with Crippen molar-refractivity contribution in [3.8, 4) is 0 Å². The minimum Gasteiger partial charge on any atom is -0.444 e. The molecular weight excluding hydrogens is 218 g/mol. The van der Waals surface area contributed by atoms with Gasteiger partial charge in [-0.25, -0.2) is 4.79 Å². The van der Waals surface area contributed by atoms with Gasteiger partial charge in [0, 0.05) is 12.0 Å². The Morgan fingerprint density at radius 2 is 1.53 bits per heavy atom. The number of rotatable bonds is 3. The summed E-state index contributed by atoms with van der Waals surface area (Å²) < 4.78 is 5.24. The van der Waals surface area contributed by atoms with Crippen LogP contribution < -0.4 is 0 Å². The van der Waals surface area contributed by atoms with Gasteiger partial charge in [0.15, 0.2) is 5.78 Å². The zero-order valence-corrected chi connectivity index (χ0v) is 12.1. The van der Waals surface area contributed by atoms with Crippen LogP contribution in [0.15, 0.2) is 0 Å². The Kier molecular flexibility index (Phi) is 5.17. The van der Waals surface area contributed by atoms with Crippen LogP contribution in [-0.4, -0.2) is 35.5 Å². The van der Waals surface area contributed by atoms with E-state index in [0.717, 1.165) is 0 Å². The SMILES string of the molecule is CCN(CC(=O)C(C)(C)C)C(=O)OC(C)(C)C. The molecule has 0 saturated heterocycles. The summed E-state index contributed by atoms with van der Waals surface area (Å²) in [6.07, 6.45) is -0.433. The number of hydrogen-bond donors (Lipinski definition) is 0. The largest absolute Gasteiger partial charge is 0.444 e. The third kappa shape index (κ3) is 6.29. The summed E-state index contributed by atoms with van der Waals surface area (Å²) in [5, 5.41) is 0. The average Bonchev–Trinajstić information content (AvgIpc) is 2.08. The fraction of sp³-hybridized carbons (Fsp3) is 0.846. The summed E-state index contributed by atoms with van der Waals surface area (Å²) in [6.45, 7) is 13.4. The van der Waals surface area contributed by atoms with Gasteiger partial charge in [0.2, 0.25) is 0 Å². The second-order valence-electron chi connectivity index (χ2n) is 6.17. The topological polar surface area (TPSA) is 46.6 Å². The third-order valence-electron chi connectivity index (χ3n) is 2.20. The normalized spacial score (nSPS) is 12.2. The van der Waals surface area contributed by atoms with Crippen molar-refractivity contribution >= 4 is 11.9 Å². The fourth-order valence-corrected chi connectivity index (χ4v) is 1.04. The molecular formula is C13H25NO3. The smallest absolute Gasteiger partial charge is 0.410 e. The molecule has 0 heterocycles. The summed E-state index contributed by atoms with van der Waals surface area (Å²) in [5.41, 5.74) is -0.968. The van der Waals surface area contributed by atoms with E-state index in [1.54, 1.807) is 0 Å². The highest BCUT2D eigenvalue weighted by atomic mass is 16.6. The number of Topliss-reactive ketones (excluding diaryl/α,β-unsaturated/α-hetero) is 1. The molecule has 17 heavy (non-hydrogen) atoms. The van der Waals surface area contributed by atoms with Crippen molar-refractivity contribution in [1.82, 2.24) is 4.90 Å². The highest BCUT2D eigenvalue weighted by molar-refractivity contribution is 5.88. The Morgan fingerprint density at radius 3 is 1.82 bits per heavy atom. The van der Waals surface area contributed by atoms with Crippen LogP contribution in [0.3, 0.4) is 0 Å². The molecule has 0 spiro atoms. The molecule has 4 heteroatoms. The van der Waals surface area contributed by atoms with Crippen molar-refractivity contribution in [2.24, 2.45) is 5.41 Å². The highest BCUT2D eigenvalue weighted by Gasteiger charge is 2.27. The van der Waals surface area contributed by atoms with Gasteiger partial charge in [-0.05, 0) is 27.7 Å². The molecule has 1 amide bonds. The van der Waals surface area contributed by atoms with Crippen molar-refractivity contribution < 1.29 is 14.3 Å². The van der Waals surface area contributed by atoms with Gasteiger partial charge in [0.05, 0.1) is 6.54 Å². The molecule has 4 nitrogen and oxygen atoms in total. The number of ketones is 1. The van der Waals surface area contributed by atoms with Crippen LogP contribution in [0.2, 0.25) is 0 Å². The third-order valence-corrected chi connectivity index (χ3v) is 2.20. The van der Waals surface area contributed by atoms with Gasteiger partial charge >= 0.3 is 6.09 Å². The number of likely N-dealkylation sites (N-methyl/N-ethyl adjacent to an activating group) is 1. The number of carbonyl (C=O) groups excluding carboxylic acids is 2. The molecule has 0 bridgehead atoms. The van der Waals surface area contributed by atoms with E-state index >= 15 is 0 Å². The predicted molar refractivity (Wildman–Crippen MR) is 67.9 cm³/mol. The van der Waals surface area contributed by atoms with E-state index in [2.05, 4.69) is 0 Å². The van der Waals surface area contributed by atoms with Gasteiger partial charge < -0.3 is 9.64 Å². The lowest BCUT2D eigenvalue weighted by atomic mass is 9.90. The minimum absolute atomic E-state index is 0.0326. The Hall–Kier alpha value is -1.06. The summed E-state index contributed by atoms with van der Waals surface area (Å²) >= 11 is 0. The zero-order valence-electron chi connectivity index (χ0n) is 12.1. The van der Waals surface area contributed by atoms with Gasteiger partial charge in [0.1, 0.15) is 5.60 Å². The number of ether oxygens (including phenoxy) is 1. The van der Waals surface area contributed by atoms with E-state index in [1.165, 1.54) is 4.90 Å². The predicted octanol–water partition coefficient (Wildman–Crippen LogP) is 2.86. The molecule has 0 aromatic carbocycles. The first kappa shape index (κ1) is 15.9. The summed E-state index contributed by atoms with van der Waals surface area (Å²) in [4.78, 5) is 25.1. The monoisotopic (exact) mass is 243 g/mol. The van der Waals surface area contributed by atoms with Crippen molar-refractivity contribution in [2.75, 3.05) is 13.1 Å². The van der Waals surface area contributed by atoms with Crippen LogP contribution in [0, 0.1) is 5.41 Å². The summed E-state index contributed by atoms with van der Waals surface area (Å²) in [5.74, 6) is 0.0326. The lowest BCUT2D eigenvalue weighted by Crippen LogP contribution is -2.42. The number of hydrogen-bond acceptors (Lipinski definition) is 3. The maximum atomic E-state index is 11.9. The second-order valence-corrected chi connectivity index (χ2v) is 6.17. The molecule has 0 radical (unpaired) electrons. The first-order valence-electron chi connectivity index (χ1n) is 5.98. The second kappa shape index (κ2) is 5.52. The van der Waals surface area contributed by atoms with E-state index < -0.39 is 17.1 Å². The Bertz CT molecular complexity index is 284. The molecule has 0 unspecified atom stereocenters. The van der Waals surface area contributed by atoms with Crippen molar-refractivity contribution in [1.29, 1.82) is 0 Å². The van der Waals surface area contributed by atoms with Gasteiger partial charge in [0.25, 0.3) is 0 Å². The van der Waals surface area contributed by atoms with E-state index in [-0.39, 0.29) is 12.3 Å². The minimum atomic E-state index is -0.532. The maximum Gasteiger partial charge on any atom is 0.410 e. The van der Waals surface area contributed by atoms with E-state index in [9.17, 15) is 9.59 Å². The summed E-state index contributed by atoms with van der Waals surface area (Å²) in [7, 11) is 0. The van der Waals surface area contributed by atoms with Crippen LogP contribution in [0.1, 0.15) is 48.5 Å². The number of carbonyl (C=O) groups is 2. The van der Waals surface area contributed by atoms with Gasteiger partial charge in [-0.2, -0.15) is 0 Å². The molecule has 0 aliphatic rings. The van der Waals surface area contributed by atoms with Gasteiger partial charge in [-0.3, -0.25) is 4.79 Å². The number of nitrogens with zero attached hydrogens (tertiary/aromatic N) is 1. The molecule has 0 aromatic heterocycles. The number of amides is 1. The van der Waals surface area contributed by atoms with Gasteiger partial charge in [-0.15, -0.1) is 0 Å². The van der Waals surface area contributed by atoms with Crippen molar-refractivity contribution in [2.45, 2.75) is 54.1 Å². The molecule has 100 valence electrons. The Morgan fingerprint density at radius 1 is 1.06 bits per heavy atom. The molecule has 0 fully saturated rings. The quantitative estimate of drug-likeness (QED) is 0.765. The Labute approximate surface area is 104 Å². The zero-order chi connectivity index (χ0) is 13.9.